The monoisotopic (exact) mass is 362 g/mol. The molecule has 0 fully saturated rings. The minimum Gasteiger partial charge on any atom is -0.386 e. The molecule has 0 bridgehead atoms. The quantitative estimate of drug-likeness (QED) is 0.441. The molecular weight excluding hydrogens is 354 g/mol. The highest BCUT2D eigenvalue weighted by Gasteiger charge is 2.31. The first kappa shape index (κ1) is 18.5. The van der Waals surface area contributed by atoms with Crippen molar-refractivity contribution in [1.82, 2.24) is 0 Å². The molecule has 0 amide bonds. The smallest absolute Gasteiger partial charge is 0.386 e. The maximum Gasteiger partial charge on any atom is 0.416 e. The molecule has 3 nitrogen and oxygen atoms in total. The van der Waals surface area contributed by atoms with E-state index < -0.39 is 35.4 Å². The zero-order valence-electron chi connectivity index (χ0n) is 12.1. The first-order chi connectivity index (χ1) is 11.5. The van der Waals surface area contributed by atoms with Gasteiger partial charge in [-0.15, -0.1) is 0 Å². The van der Waals surface area contributed by atoms with E-state index in [1.165, 1.54) is 0 Å². The molecule has 0 radical (unpaired) electrons. The minimum absolute atomic E-state index is 0.312. The van der Waals surface area contributed by atoms with E-state index >= 15 is 0 Å². The second-order valence-electron chi connectivity index (χ2n) is 4.83. The number of ether oxygens (including phenoxy) is 1. The van der Waals surface area contributed by atoms with Gasteiger partial charge in [0, 0.05) is 0 Å². The summed E-state index contributed by atoms with van der Waals surface area (Å²) in [5, 5.41) is 0. The van der Waals surface area contributed by atoms with Crippen molar-refractivity contribution in [3.63, 3.8) is 0 Å². The van der Waals surface area contributed by atoms with Crippen molar-refractivity contribution in [2.75, 3.05) is 0 Å². The molecule has 0 aliphatic heterocycles. The van der Waals surface area contributed by atoms with Crippen molar-refractivity contribution < 1.29 is 40.7 Å². The number of hydrogen-bond acceptors (Lipinski definition) is 3. The van der Waals surface area contributed by atoms with Gasteiger partial charge in [0.25, 0.3) is 0 Å². The van der Waals surface area contributed by atoms with Gasteiger partial charge < -0.3 is 4.74 Å². The van der Waals surface area contributed by atoms with Gasteiger partial charge in [-0.1, -0.05) is 0 Å². The highest BCUT2D eigenvalue weighted by Crippen LogP contribution is 2.30. The molecule has 0 aromatic heterocycles. The van der Waals surface area contributed by atoms with Crippen molar-refractivity contribution in [2.24, 2.45) is 0 Å². The Hall–Kier alpha value is -2.84. The predicted molar refractivity (Wildman–Crippen MR) is 72.6 cm³/mol. The molecule has 0 N–H and O–H groups in total. The zero-order valence-corrected chi connectivity index (χ0v) is 12.1. The Balaban J connectivity index is 2.08. The summed E-state index contributed by atoms with van der Waals surface area (Å²) in [5.74, 6) is -2.45. The Morgan fingerprint density at radius 2 is 0.880 bits per heavy atom. The Kier molecular flexibility index (Phi) is 4.87. The summed E-state index contributed by atoms with van der Waals surface area (Å²) in [6.45, 7) is 0. The topological polar surface area (TPSA) is 43.4 Å². The van der Waals surface area contributed by atoms with Crippen LogP contribution in [-0.2, 0) is 17.1 Å². The van der Waals surface area contributed by atoms with Gasteiger partial charge in [0.05, 0.1) is 22.3 Å². The standard InChI is InChI=1S/C16H8F6O3/c17-15(18,19)11-5-1-9(2-6-11)13(23)25-14(24)10-3-7-12(8-4-10)16(20,21)22/h1-8H. The summed E-state index contributed by atoms with van der Waals surface area (Å²) in [7, 11) is 0. The number of benzene rings is 2. The van der Waals surface area contributed by atoms with Crippen LogP contribution in [0.3, 0.4) is 0 Å². The fraction of sp³-hybridized carbons (Fsp3) is 0.125. The van der Waals surface area contributed by atoms with Crippen LogP contribution in [0.25, 0.3) is 0 Å². The molecular formula is C16H8F6O3. The van der Waals surface area contributed by atoms with Crippen molar-refractivity contribution in [3.8, 4) is 0 Å². The maximum absolute atomic E-state index is 12.4. The fourth-order valence-corrected chi connectivity index (χ4v) is 1.79. The van der Waals surface area contributed by atoms with Crippen molar-refractivity contribution in [3.05, 3.63) is 70.8 Å². The molecule has 0 aliphatic carbocycles. The van der Waals surface area contributed by atoms with Crippen LogP contribution >= 0.6 is 0 Å². The number of hydrogen-bond donors (Lipinski definition) is 0. The van der Waals surface area contributed by atoms with E-state index in [1.54, 1.807) is 0 Å². The van der Waals surface area contributed by atoms with Gasteiger partial charge in [-0.05, 0) is 48.5 Å². The van der Waals surface area contributed by atoms with Gasteiger partial charge in [0.2, 0.25) is 0 Å². The number of carbonyl (C=O) groups is 2. The van der Waals surface area contributed by atoms with E-state index in [2.05, 4.69) is 4.74 Å². The van der Waals surface area contributed by atoms with E-state index in [-0.39, 0.29) is 11.1 Å². The van der Waals surface area contributed by atoms with Crippen molar-refractivity contribution in [2.45, 2.75) is 12.4 Å². The van der Waals surface area contributed by atoms with Crippen LogP contribution in [0, 0.1) is 0 Å². The average Bonchev–Trinajstić information content (AvgIpc) is 2.53. The fourth-order valence-electron chi connectivity index (χ4n) is 1.79. The molecule has 25 heavy (non-hydrogen) atoms. The summed E-state index contributed by atoms with van der Waals surface area (Å²) in [6, 6.07) is 5.85. The van der Waals surface area contributed by atoms with Gasteiger partial charge in [-0.25, -0.2) is 9.59 Å². The predicted octanol–water partition coefficient (Wildman–Crippen LogP) is 4.72. The Bertz CT molecular complexity index is 706. The SMILES string of the molecule is O=C(OC(=O)c1ccc(C(F)(F)F)cc1)c1ccc(C(F)(F)F)cc1. The highest BCUT2D eigenvalue weighted by atomic mass is 19.4. The molecule has 0 heterocycles. The van der Waals surface area contributed by atoms with Gasteiger partial charge in [0.15, 0.2) is 0 Å². The summed E-state index contributed by atoms with van der Waals surface area (Å²) < 4.78 is 78.9. The van der Waals surface area contributed by atoms with Crippen LogP contribution in [0.15, 0.2) is 48.5 Å². The molecule has 0 aliphatic rings. The average molecular weight is 362 g/mol. The Labute approximate surface area is 136 Å². The molecule has 0 saturated heterocycles. The van der Waals surface area contributed by atoms with E-state index in [0.29, 0.717) is 24.3 Å². The molecule has 2 aromatic rings. The van der Waals surface area contributed by atoms with E-state index in [9.17, 15) is 35.9 Å². The van der Waals surface area contributed by atoms with E-state index in [0.717, 1.165) is 24.3 Å². The lowest BCUT2D eigenvalue weighted by Crippen LogP contribution is -2.14. The molecule has 9 heteroatoms. The summed E-state index contributed by atoms with van der Waals surface area (Å²) in [4.78, 5) is 23.4. The van der Waals surface area contributed by atoms with Crippen molar-refractivity contribution in [1.29, 1.82) is 0 Å². The molecule has 0 spiro atoms. The minimum atomic E-state index is -4.58. The number of esters is 2. The Morgan fingerprint density at radius 1 is 0.600 bits per heavy atom. The second-order valence-corrected chi connectivity index (χ2v) is 4.83. The van der Waals surface area contributed by atoms with Crippen LogP contribution in [0.5, 0.6) is 0 Å². The third-order valence-corrected chi connectivity index (χ3v) is 3.08. The molecule has 2 aromatic carbocycles. The lowest BCUT2D eigenvalue weighted by Gasteiger charge is -2.08. The molecule has 0 saturated carbocycles. The normalized spacial score (nSPS) is 11.9. The number of alkyl halides is 6. The first-order valence-corrected chi connectivity index (χ1v) is 6.59. The second kappa shape index (κ2) is 6.58. The summed E-state index contributed by atoms with van der Waals surface area (Å²) in [5.41, 5.74) is -2.60. The van der Waals surface area contributed by atoms with Crippen LogP contribution in [-0.4, -0.2) is 11.9 Å². The number of halogens is 6. The van der Waals surface area contributed by atoms with Gasteiger partial charge >= 0.3 is 24.3 Å². The lowest BCUT2D eigenvalue weighted by atomic mass is 10.1. The van der Waals surface area contributed by atoms with Crippen LogP contribution in [0.2, 0.25) is 0 Å². The molecule has 0 unspecified atom stereocenters. The highest BCUT2D eigenvalue weighted by molar-refractivity contribution is 6.02. The molecule has 0 atom stereocenters. The summed E-state index contributed by atoms with van der Waals surface area (Å²) >= 11 is 0. The Morgan fingerprint density at radius 3 is 1.12 bits per heavy atom. The van der Waals surface area contributed by atoms with Gasteiger partial charge in [-0.2, -0.15) is 26.3 Å². The van der Waals surface area contributed by atoms with Crippen LogP contribution in [0.4, 0.5) is 26.3 Å². The number of rotatable bonds is 2. The maximum atomic E-state index is 12.4. The lowest BCUT2D eigenvalue weighted by molar-refractivity contribution is -0.138. The molecule has 2 rings (SSSR count). The third-order valence-electron chi connectivity index (χ3n) is 3.08. The van der Waals surface area contributed by atoms with Gasteiger partial charge in [0.1, 0.15) is 0 Å². The van der Waals surface area contributed by atoms with Gasteiger partial charge in [-0.3, -0.25) is 0 Å². The van der Waals surface area contributed by atoms with E-state index in [1.807, 2.05) is 0 Å². The van der Waals surface area contributed by atoms with Crippen LogP contribution in [0.1, 0.15) is 31.8 Å². The van der Waals surface area contributed by atoms with E-state index in [4.69, 9.17) is 0 Å². The molecule has 132 valence electrons. The van der Waals surface area contributed by atoms with Crippen LogP contribution < -0.4 is 0 Å². The van der Waals surface area contributed by atoms with Crippen molar-refractivity contribution >= 4 is 11.9 Å². The largest absolute Gasteiger partial charge is 0.416 e. The third kappa shape index (κ3) is 4.59. The number of carbonyl (C=O) groups excluding carboxylic acids is 2. The first-order valence-electron chi connectivity index (χ1n) is 6.59. The summed E-state index contributed by atoms with van der Waals surface area (Å²) in [6.07, 6.45) is -9.17. The zero-order chi connectivity index (χ0) is 18.8.